The monoisotopic (exact) mass is 218 g/mol. The average molecular weight is 219 g/mol. The van der Waals surface area contributed by atoms with Crippen LogP contribution in [0.25, 0.3) is 0 Å². The molecule has 0 unspecified atom stereocenters. The van der Waals surface area contributed by atoms with Crippen molar-refractivity contribution in [1.29, 1.82) is 0 Å². The fraction of sp³-hybridized carbons (Fsp3) is 0.286. The quantitative estimate of drug-likeness (QED) is 0.602. The Bertz CT molecular complexity index is 252. The number of rotatable bonds is 2. The van der Waals surface area contributed by atoms with Gasteiger partial charge in [-0.05, 0) is 28.9 Å². The van der Waals surface area contributed by atoms with Crippen LogP contribution in [0.5, 0.6) is 5.88 Å². The van der Waals surface area contributed by atoms with Gasteiger partial charge in [-0.2, -0.15) is 0 Å². The van der Waals surface area contributed by atoms with Gasteiger partial charge >= 0.3 is 5.88 Å². The average Bonchev–Trinajstić information content (AvgIpc) is 1.95. The van der Waals surface area contributed by atoms with Gasteiger partial charge in [0.15, 0.2) is 0 Å². The van der Waals surface area contributed by atoms with E-state index in [2.05, 4.69) is 15.9 Å². The molecule has 0 bridgehead atoms. The molecular weight excluding hydrogens is 210 g/mol. The molecule has 0 saturated carbocycles. The second-order valence-electron chi connectivity index (χ2n) is 1.96. The molecule has 0 atom stereocenters. The fourth-order valence-electron chi connectivity index (χ4n) is 0.713. The minimum Gasteiger partial charge on any atom is -0.442 e. The van der Waals surface area contributed by atoms with E-state index in [0.717, 1.165) is 9.20 Å². The van der Waals surface area contributed by atoms with Gasteiger partial charge in [0, 0.05) is 4.73 Å². The van der Waals surface area contributed by atoms with E-state index in [1.54, 1.807) is 12.1 Å². The van der Waals surface area contributed by atoms with Crippen molar-refractivity contribution in [1.82, 2.24) is 0 Å². The number of hydrogen-bond donors (Lipinski definition) is 1. The van der Waals surface area contributed by atoms with Crippen LogP contribution >= 0.6 is 15.9 Å². The highest BCUT2D eigenvalue weighted by Gasteiger charge is 2.09. The standard InChI is InChI=1S/C7H9BrNO2/c1-2-11-7-4-3-6(8)5-9(7)10/h3-5,10H,2H2,1H3/q+1. The first-order valence-corrected chi connectivity index (χ1v) is 4.06. The lowest BCUT2D eigenvalue weighted by Gasteiger charge is -1.96. The maximum atomic E-state index is 9.18. The van der Waals surface area contributed by atoms with E-state index in [1.165, 1.54) is 6.20 Å². The smallest absolute Gasteiger partial charge is 0.416 e. The van der Waals surface area contributed by atoms with Crippen molar-refractivity contribution in [3.8, 4) is 5.88 Å². The van der Waals surface area contributed by atoms with E-state index in [1.807, 2.05) is 6.92 Å². The summed E-state index contributed by atoms with van der Waals surface area (Å²) in [5.74, 6) is 0.440. The molecule has 0 fully saturated rings. The summed E-state index contributed by atoms with van der Waals surface area (Å²) in [6.07, 6.45) is 1.52. The number of aromatic nitrogens is 1. The third kappa shape index (κ3) is 2.08. The predicted molar refractivity (Wildman–Crippen MR) is 42.7 cm³/mol. The third-order valence-corrected chi connectivity index (χ3v) is 1.62. The molecule has 4 heteroatoms. The maximum absolute atomic E-state index is 9.18. The Morgan fingerprint density at radius 1 is 1.64 bits per heavy atom. The van der Waals surface area contributed by atoms with Crippen molar-refractivity contribution in [3.63, 3.8) is 0 Å². The Morgan fingerprint density at radius 3 is 2.91 bits per heavy atom. The Labute approximate surface area is 73.3 Å². The summed E-state index contributed by atoms with van der Waals surface area (Å²) in [6, 6.07) is 3.49. The van der Waals surface area contributed by atoms with E-state index in [0.29, 0.717) is 12.5 Å². The molecule has 0 aliphatic carbocycles. The molecule has 0 spiro atoms. The van der Waals surface area contributed by atoms with Gasteiger partial charge in [-0.15, -0.1) is 0 Å². The second kappa shape index (κ2) is 3.57. The molecule has 1 N–H and O–H groups in total. The molecule has 0 saturated heterocycles. The van der Waals surface area contributed by atoms with Crippen molar-refractivity contribution in [2.75, 3.05) is 6.61 Å². The summed E-state index contributed by atoms with van der Waals surface area (Å²) < 4.78 is 6.83. The van der Waals surface area contributed by atoms with E-state index in [-0.39, 0.29) is 0 Å². The van der Waals surface area contributed by atoms with Crippen LogP contribution < -0.4 is 9.47 Å². The Balaban J connectivity index is 2.90. The number of pyridine rings is 1. The second-order valence-corrected chi connectivity index (χ2v) is 2.88. The van der Waals surface area contributed by atoms with Crippen LogP contribution in [-0.4, -0.2) is 11.8 Å². The van der Waals surface area contributed by atoms with Gasteiger partial charge in [0.2, 0.25) is 6.20 Å². The Kier molecular flexibility index (Phi) is 2.70. The summed E-state index contributed by atoms with van der Waals surface area (Å²) in [7, 11) is 0. The van der Waals surface area contributed by atoms with Crippen LogP contribution in [0.4, 0.5) is 0 Å². The highest BCUT2D eigenvalue weighted by Crippen LogP contribution is 2.09. The lowest BCUT2D eigenvalue weighted by molar-refractivity contribution is -0.906. The summed E-state index contributed by atoms with van der Waals surface area (Å²) in [4.78, 5) is 0. The van der Waals surface area contributed by atoms with Crippen molar-refractivity contribution in [2.45, 2.75) is 6.92 Å². The summed E-state index contributed by atoms with van der Waals surface area (Å²) in [5.41, 5.74) is 0. The molecule has 0 aliphatic rings. The highest BCUT2D eigenvalue weighted by atomic mass is 79.9. The zero-order valence-corrected chi connectivity index (χ0v) is 7.71. The van der Waals surface area contributed by atoms with E-state index < -0.39 is 0 Å². The molecule has 0 radical (unpaired) electrons. The zero-order chi connectivity index (χ0) is 8.27. The largest absolute Gasteiger partial charge is 0.442 e. The molecule has 0 aromatic carbocycles. The number of ether oxygens (including phenoxy) is 1. The lowest BCUT2D eigenvalue weighted by Crippen LogP contribution is -2.31. The normalized spacial score (nSPS) is 9.64. The highest BCUT2D eigenvalue weighted by molar-refractivity contribution is 9.10. The van der Waals surface area contributed by atoms with E-state index in [9.17, 15) is 5.21 Å². The SMILES string of the molecule is CCOc1ccc(Br)c[n+]1O. The maximum Gasteiger partial charge on any atom is 0.416 e. The molecule has 1 rings (SSSR count). The van der Waals surface area contributed by atoms with Crippen LogP contribution in [-0.2, 0) is 0 Å². The summed E-state index contributed by atoms with van der Waals surface area (Å²) in [6.45, 7) is 2.41. The molecule has 0 aliphatic heterocycles. The van der Waals surface area contributed by atoms with E-state index >= 15 is 0 Å². The van der Waals surface area contributed by atoms with Gasteiger partial charge in [0.05, 0.1) is 17.1 Å². The molecule has 1 aromatic heterocycles. The van der Waals surface area contributed by atoms with Gasteiger partial charge in [-0.3, -0.25) is 5.21 Å². The Morgan fingerprint density at radius 2 is 2.36 bits per heavy atom. The third-order valence-electron chi connectivity index (χ3n) is 1.15. The zero-order valence-electron chi connectivity index (χ0n) is 6.12. The molecule has 0 amide bonds. The molecule has 11 heavy (non-hydrogen) atoms. The van der Waals surface area contributed by atoms with E-state index in [4.69, 9.17) is 4.74 Å². The minimum absolute atomic E-state index is 0.440. The molecule has 1 heterocycles. The van der Waals surface area contributed by atoms with Crippen LogP contribution in [0.2, 0.25) is 0 Å². The van der Waals surface area contributed by atoms with Crippen LogP contribution in [0.15, 0.2) is 22.8 Å². The Hall–Kier alpha value is -0.770. The molecule has 60 valence electrons. The minimum atomic E-state index is 0.440. The van der Waals surface area contributed by atoms with Crippen molar-refractivity contribution < 1.29 is 14.7 Å². The molecular formula is C7H9BrNO2+. The lowest BCUT2D eigenvalue weighted by atomic mass is 10.5. The fourth-order valence-corrected chi connectivity index (χ4v) is 1.04. The van der Waals surface area contributed by atoms with Gasteiger partial charge in [-0.1, -0.05) is 0 Å². The van der Waals surface area contributed by atoms with Crippen LogP contribution in [0, 0.1) is 0 Å². The number of hydrogen-bond acceptors (Lipinski definition) is 2. The number of nitrogens with zero attached hydrogens (tertiary/aromatic N) is 1. The molecule has 1 aromatic rings. The van der Waals surface area contributed by atoms with Gasteiger partial charge < -0.3 is 4.74 Å². The first kappa shape index (κ1) is 8.33. The summed E-state index contributed by atoms with van der Waals surface area (Å²) >= 11 is 3.21. The van der Waals surface area contributed by atoms with Gasteiger partial charge in [0.25, 0.3) is 0 Å². The van der Waals surface area contributed by atoms with Crippen molar-refractivity contribution in [2.24, 2.45) is 0 Å². The predicted octanol–water partition coefficient (Wildman–Crippen LogP) is 1.37. The van der Waals surface area contributed by atoms with Crippen molar-refractivity contribution >= 4 is 15.9 Å². The topological polar surface area (TPSA) is 33.3 Å². The summed E-state index contributed by atoms with van der Waals surface area (Å²) in [5, 5.41) is 9.18. The van der Waals surface area contributed by atoms with Gasteiger partial charge in [-0.25, -0.2) is 0 Å². The van der Waals surface area contributed by atoms with Crippen LogP contribution in [0.3, 0.4) is 0 Å². The van der Waals surface area contributed by atoms with Crippen LogP contribution in [0.1, 0.15) is 6.92 Å². The number of halogens is 1. The molecule has 3 nitrogen and oxygen atoms in total. The van der Waals surface area contributed by atoms with Gasteiger partial charge in [0.1, 0.15) is 0 Å². The first-order valence-electron chi connectivity index (χ1n) is 3.27. The van der Waals surface area contributed by atoms with Crippen molar-refractivity contribution in [3.05, 3.63) is 22.8 Å². The first-order chi connectivity index (χ1) is 5.24.